The number of H-pyrrole nitrogens is 1. The normalized spacial score (nSPS) is 14.6. The molecule has 27 heavy (non-hydrogen) atoms. The summed E-state index contributed by atoms with van der Waals surface area (Å²) in [6.07, 6.45) is 4.25. The summed E-state index contributed by atoms with van der Waals surface area (Å²) in [5.41, 5.74) is 1.07. The van der Waals surface area contributed by atoms with Crippen molar-refractivity contribution in [3.8, 4) is 0 Å². The predicted octanol–water partition coefficient (Wildman–Crippen LogP) is 2.12. The van der Waals surface area contributed by atoms with Gasteiger partial charge in [-0.05, 0) is 38.2 Å². The summed E-state index contributed by atoms with van der Waals surface area (Å²) in [6, 6.07) is 0. The van der Waals surface area contributed by atoms with Crippen LogP contribution in [0.2, 0.25) is 0 Å². The van der Waals surface area contributed by atoms with Gasteiger partial charge in [0.1, 0.15) is 15.9 Å². The summed E-state index contributed by atoms with van der Waals surface area (Å²) in [5, 5.41) is 0.274. The van der Waals surface area contributed by atoms with Crippen LogP contribution in [-0.4, -0.2) is 52.7 Å². The highest BCUT2D eigenvalue weighted by molar-refractivity contribution is 7.99. The van der Waals surface area contributed by atoms with Gasteiger partial charge in [0, 0.05) is 19.0 Å². The van der Waals surface area contributed by atoms with Crippen LogP contribution in [-0.2, 0) is 32.9 Å². The van der Waals surface area contributed by atoms with E-state index in [0.29, 0.717) is 11.6 Å². The van der Waals surface area contributed by atoms with E-state index < -0.39 is 11.2 Å². The fraction of sp³-hybridized carbons (Fsp3) is 0.556. The lowest BCUT2D eigenvalue weighted by Crippen LogP contribution is -2.29. The quantitative estimate of drug-likeness (QED) is 0.735. The molecule has 7 nitrogen and oxygen atoms in total. The average Bonchev–Trinajstić information content (AvgIpc) is 3.02. The molecule has 1 aliphatic carbocycles. The molecule has 0 bridgehead atoms. The largest absolute Gasteiger partial charge is 0.455 e. The molecule has 0 saturated carbocycles. The van der Waals surface area contributed by atoms with Gasteiger partial charge in [-0.15, -0.1) is 23.1 Å². The molecule has 0 aliphatic heterocycles. The van der Waals surface area contributed by atoms with Crippen molar-refractivity contribution >= 4 is 45.2 Å². The molecular formula is C18H23N3O4S2. The van der Waals surface area contributed by atoms with Crippen molar-refractivity contribution in [1.82, 2.24) is 14.9 Å². The van der Waals surface area contributed by atoms with Gasteiger partial charge in [-0.3, -0.25) is 14.4 Å². The third kappa shape index (κ3) is 4.52. The Morgan fingerprint density at radius 3 is 2.81 bits per heavy atom. The van der Waals surface area contributed by atoms with Gasteiger partial charge >= 0.3 is 5.97 Å². The Bertz CT molecular complexity index is 919. The zero-order valence-electron chi connectivity index (χ0n) is 15.7. The zero-order chi connectivity index (χ0) is 19.6. The van der Waals surface area contributed by atoms with Gasteiger partial charge in [-0.2, -0.15) is 0 Å². The molecule has 0 saturated heterocycles. The monoisotopic (exact) mass is 409 g/mol. The molecule has 0 spiro atoms. The molecular weight excluding hydrogens is 386 g/mol. The van der Waals surface area contributed by atoms with Gasteiger partial charge in [0.25, 0.3) is 11.5 Å². The van der Waals surface area contributed by atoms with Crippen LogP contribution >= 0.6 is 23.1 Å². The summed E-state index contributed by atoms with van der Waals surface area (Å²) >= 11 is 2.93. The Morgan fingerprint density at radius 2 is 2.07 bits per heavy atom. The molecule has 1 N–H and O–H groups in total. The van der Waals surface area contributed by atoms with Crippen LogP contribution in [0.3, 0.4) is 0 Å². The summed E-state index contributed by atoms with van der Waals surface area (Å²) in [4.78, 5) is 46.9. The molecule has 0 unspecified atom stereocenters. The first-order valence-electron chi connectivity index (χ1n) is 8.88. The SMILES string of the molecule is C[C@H](SCc1nc2sc3c(c2c(=O)[nH]1)CCCC3)C(=O)OCC(=O)N(C)C. The highest BCUT2D eigenvalue weighted by Crippen LogP contribution is 2.33. The number of ether oxygens (including phenoxy) is 1. The van der Waals surface area contributed by atoms with Gasteiger partial charge in [-0.1, -0.05) is 0 Å². The summed E-state index contributed by atoms with van der Waals surface area (Å²) in [7, 11) is 3.21. The van der Waals surface area contributed by atoms with E-state index in [1.807, 2.05) is 0 Å². The molecule has 0 radical (unpaired) electrons. The number of carbonyl (C=O) groups excluding carboxylic acids is 2. The molecule has 1 amide bonds. The number of nitrogens with zero attached hydrogens (tertiary/aromatic N) is 2. The Balaban J connectivity index is 1.64. The molecule has 146 valence electrons. The van der Waals surface area contributed by atoms with E-state index in [9.17, 15) is 14.4 Å². The first-order chi connectivity index (χ1) is 12.9. The number of likely N-dealkylation sites (N-methyl/N-ethyl adjacent to an activating group) is 1. The smallest absolute Gasteiger partial charge is 0.319 e. The lowest BCUT2D eigenvalue weighted by Gasteiger charge is -2.13. The molecule has 9 heteroatoms. The first kappa shape index (κ1) is 19.9. The fourth-order valence-corrected chi connectivity index (χ4v) is 4.96. The van der Waals surface area contributed by atoms with E-state index in [1.165, 1.54) is 21.5 Å². The third-order valence-corrected chi connectivity index (χ3v) is 6.83. The number of aromatic nitrogens is 2. The molecule has 0 fully saturated rings. The highest BCUT2D eigenvalue weighted by Gasteiger charge is 2.21. The van der Waals surface area contributed by atoms with Crippen molar-refractivity contribution < 1.29 is 14.3 Å². The van der Waals surface area contributed by atoms with Crippen LogP contribution in [0.25, 0.3) is 10.2 Å². The van der Waals surface area contributed by atoms with E-state index in [1.54, 1.807) is 32.4 Å². The topological polar surface area (TPSA) is 92.4 Å². The second kappa shape index (κ2) is 8.43. The second-order valence-corrected chi connectivity index (χ2v) is 9.17. The van der Waals surface area contributed by atoms with Crippen molar-refractivity contribution in [2.24, 2.45) is 0 Å². The third-order valence-electron chi connectivity index (χ3n) is 4.51. The molecule has 2 aromatic rings. The fourth-order valence-electron chi connectivity index (χ4n) is 2.93. The number of hydrogen-bond acceptors (Lipinski definition) is 7. The average molecular weight is 410 g/mol. The van der Waals surface area contributed by atoms with Crippen LogP contribution in [0.15, 0.2) is 4.79 Å². The molecule has 3 rings (SSSR count). The Hall–Kier alpha value is -1.87. The van der Waals surface area contributed by atoms with Crippen molar-refractivity contribution in [2.75, 3.05) is 20.7 Å². The van der Waals surface area contributed by atoms with Crippen LogP contribution in [0.4, 0.5) is 0 Å². The van der Waals surface area contributed by atoms with Gasteiger partial charge in [0.15, 0.2) is 6.61 Å². The molecule has 1 aliphatic rings. The molecule has 2 heterocycles. The van der Waals surface area contributed by atoms with Crippen LogP contribution in [0.5, 0.6) is 0 Å². The number of hydrogen-bond donors (Lipinski definition) is 1. The standard InChI is InChI=1S/C18H23N3O4S2/c1-10(18(24)25-8-14(22)21(2)3)26-9-13-19-16(23)15-11-6-4-5-7-12(11)27-17(15)20-13/h10H,4-9H2,1-3H3,(H,19,20,23)/t10-/m0/s1. The van der Waals surface area contributed by atoms with E-state index in [4.69, 9.17) is 4.74 Å². The van der Waals surface area contributed by atoms with E-state index >= 15 is 0 Å². The summed E-state index contributed by atoms with van der Waals surface area (Å²) < 4.78 is 5.02. The van der Waals surface area contributed by atoms with Crippen LogP contribution in [0, 0.1) is 0 Å². The number of aromatic amines is 1. The lowest BCUT2D eigenvalue weighted by molar-refractivity contribution is -0.150. The number of rotatable bonds is 6. The Morgan fingerprint density at radius 1 is 1.33 bits per heavy atom. The Labute approximate surface area is 165 Å². The van der Waals surface area contributed by atoms with Gasteiger partial charge < -0.3 is 14.6 Å². The van der Waals surface area contributed by atoms with Crippen LogP contribution < -0.4 is 5.56 Å². The highest BCUT2D eigenvalue weighted by atomic mass is 32.2. The number of esters is 1. The summed E-state index contributed by atoms with van der Waals surface area (Å²) in [5.74, 6) is 0.232. The van der Waals surface area contributed by atoms with Gasteiger partial charge in [0.05, 0.1) is 11.1 Å². The number of carbonyl (C=O) groups is 2. The number of fused-ring (bicyclic) bond motifs is 3. The predicted molar refractivity (Wildman–Crippen MR) is 107 cm³/mol. The van der Waals surface area contributed by atoms with Crippen molar-refractivity contribution in [3.05, 3.63) is 26.6 Å². The van der Waals surface area contributed by atoms with Gasteiger partial charge in [-0.25, -0.2) is 4.98 Å². The number of thiophene rings is 1. The summed E-state index contributed by atoms with van der Waals surface area (Å²) in [6.45, 7) is 1.45. The first-order valence-corrected chi connectivity index (χ1v) is 10.7. The second-order valence-electron chi connectivity index (χ2n) is 6.75. The number of aryl methyl sites for hydroxylation is 2. The van der Waals surface area contributed by atoms with E-state index in [-0.39, 0.29) is 18.1 Å². The molecule has 1 atom stereocenters. The minimum atomic E-state index is -0.461. The maximum absolute atomic E-state index is 12.5. The zero-order valence-corrected chi connectivity index (χ0v) is 17.3. The minimum absolute atomic E-state index is 0.0955. The molecule has 0 aromatic carbocycles. The number of thioether (sulfide) groups is 1. The number of amides is 1. The Kier molecular flexibility index (Phi) is 6.21. The van der Waals surface area contributed by atoms with Crippen molar-refractivity contribution in [2.45, 2.75) is 43.6 Å². The van der Waals surface area contributed by atoms with E-state index in [0.717, 1.165) is 41.5 Å². The maximum Gasteiger partial charge on any atom is 0.319 e. The van der Waals surface area contributed by atoms with Crippen LogP contribution in [0.1, 0.15) is 36.0 Å². The minimum Gasteiger partial charge on any atom is -0.455 e. The van der Waals surface area contributed by atoms with Crippen molar-refractivity contribution in [1.29, 1.82) is 0 Å². The molecule has 2 aromatic heterocycles. The lowest BCUT2D eigenvalue weighted by atomic mass is 9.97. The number of nitrogens with one attached hydrogen (secondary N) is 1. The van der Waals surface area contributed by atoms with Crippen molar-refractivity contribution in [3.63, 3.8) is 0 Å². The van der Waals surface area contributed by atoms with Gasteiger partial charge in [0.2, 0.25) is 0 Å². The van der Waals surface area contributed by atoms with E-state index in [2.05, 4.69) is 9.97 Å². The maximum atomic E-state index is 12.5.